The zero-order valence-electron chi connectivity index (χ0n) is 35.2. The van der Waals surface area contributed by atoms with E-state index in [2.05, 4.69) is 25.8 Å². The topological polar surface area (TPSA) is 407 Å². The van der Waals surface area contributed by atoms with Crippen LogP contribution < -0.4 is 122 Å². The maximum absolute atomic E-state index is 13.3. The van der Waals surface area contributed by atoms with Gasteiger partial charge in [0.1, 0.15) is 47.3 Å². The molecular formula is C34H22Li2N6Na2O19S4. The molecule has 0 saturated heterocycles. The Morgan fingerprint density at radius 3 is 1.63 bits per heavy atom. The van der Waals surface area contributed by atoms with Crippen LogP contribution in [0.3, 0.4) is 0 Å². The molecule has 6 rings (SSSR count). The minimum atomic E-state index is -5.28. The Morgan fingerprint density at radius 2 is 1.16 bits per heavy atom. The van der Waals surface area contributed by atoms with E-state index < -0.39 is 117 Å². The van der Waals surface area contributed by atoms with E-state index in [-0.39, 0.29) is 131 Å². The fourth-order valence-electron chi connectivity index (χ4n) is 5.79. The summed E-state index contributed by atoms with van der Waals surface area (Å²) in [6.45, 7) is 0. The van der Waals surface area contributed by atoms with E-state index in [0.29, 0.717) is 41.6 Å². The third-order valence-corrected chi connectivity index (χ3v) is 12.0. The van der Waals surface area contributed by atoms with E-state index in [1.165, 1.54) is 30.4 Å². The number of allylic oxidation sites excluding steroid dienone is 5. The number of carbonyl (C=O) groups excluding carboxylic acids is 2. The summed E-state index contributed by atoms with van der Waals surface area (Å²) in [7, 11) is -18.7. The molecule has 0 saturated carbocycles. The van der Waals surface area contributed by atoms with Crippen LogP contribution in [0.4, 0.5) is 11.4 Å². The fourth-order valence-corrected chi connectivity index (χ4v) is 8.15. The number of hydrogen-bond donors (Lipinski definition) is 4. The van der Waals surface area contributed by atoms with Crippen LogP contribution in [0.5, 0.6) is 17.2 Å². The van der Waals surface area contributed by atoms with Gasteiger partial charge in [0.2, 0.25) is 11.6 Å². The smallest absolute Gasteiger partial charge is 0.872 e. The van der Waals surface area contributed by atoms with E-state index in [1.54, 1.807) is 0 Å². The number of carbonyl (C=O) groups is 2. The number of hydrogen-bond acceptors (Lipinski definition) is 23. The third-order valence-electron chi connectivity index (χ3n) is 8.61. The molecule has 3 aromatic rings. The summed E-state index contributed by atoms with van der Waals surface area (Å²) >= 11 is 0. The van der Waals surface area contributed by atoms with E-state index in [1.807, 2.05) is 0 Å². The summed E-state index contributed by atoms with van der Waals surface area (Å²) in [5.41, 5.74) is -2.90. The van der Waals surface area contributed by atoms with Crippen LogP contribution >= 0.6 is 0 Å². The number of anilines is 2. The Balaban J connectivity index is 0.00000385. The van der Waals surface area contributed by atoms with Gasteiger partial charge in [-0.3, -0.25) is 29.3 Å². The zero-order valence-corrected chi connectivity index (χ0v) is 42.4. The second-order valence-corrected chi connectivity index (χ2v) is 18.1. The van der Waals surface area contributed by atoms with Crippen molar-refractivity contribution in [1.82, 2.24) is 0 Å². The van der Waals surface area contributed by atoms with Gasteiger partial charge in [0.15, 0.2) is 11.4 Å². The largest absolute Gasteiger partial charge is 1.00 e. The summed E-state index contributed by atoms with van der Waals surface area (Å²) in [6, 6.07) is 5.44. The molecule has 0 unspecified atom stereocenters. The van der Waals surface area contributed by atoms with Crippen molar-refractivity contribution >= 4 is 98.4 Å². The van der Waals surface area contributed by atoms with Crippen LogP contribution in [-0.2, 0) is 45.2 Å². The minimum Gasteiger partial charge on any atom is -0.872 e. The predicted octanol–water partition coefficient (Wildman–Crippen LogP) is -11.9. The molecule has 3 aliphatic carbocycles. The molecule has 0 radical (unpaired) electrons. The first-order valence-corrected chi connectivity index (χ1v) is 22.2. The van der Waals surface area contributed by atoms with Crippen molar-refractivity contribution in [2.45, 2.75) is 9.79 Å². The molecule has 25 nitrogen and oxygen atoms in total. The van der Waals surface area contributed by atoms with E-state index in [0.717, 1.165) is 20.3 Å². The molecule has 3 aliphatic rings. The average molecular weight is 1010 g/mol. The zero-order chi connectivity index (χ0) is 46.6. The van der Waals surface area contributed by atoms with E-state index in [4.69, 9.17) is 9.47 Å². The Bertz CT molecular complexity index is 3320. The summed E-state index contributed by atoms with van der Waals surface area (Å²) < 4.78 is 148. The van der Waals surface area contributed by atoms with Crippen LogP contribution in [0.2, 0.25) is 0 Å². The third kappa shape index (κ3) is 12.9. The molecule has 0 fully saturated rings. The quantitative estimate of drug-likeness (QED) is 0.0600. The van der Waals surface area contributed by atoms with Crippen molar-refractivity contribution in [2.75, 3.05) is 24.8 Å². The number of fused-ring (bicyclic) bond motifs is 2. The van der Waals surface area contributed by atoms with E-state index in [9.17, 15) is 76.9 Å². The normalized spacial score (nSPS) is 17.1. The van der Waals surface area contributed by atoms with Crippen molar-refractivity contribution in [3.05, 3.63) is 98.5 Å². The fraction of sp³-hybridized carbons (Fsp3) is 0.0588. The monoisotopic (exact) mass is 1010 g/mol. The minimum absolute atomic E-state index is 0. The summed E-state index contributed by atoms with van der Waals surface area (Å²) in [5.74, 6) is -5.57. The van der Waals surface area contributed by atoms with Crippen molar-refractivity contribution in [1.29, 1.82) is 0 Å². The van der Waals surface area contributed by atoms with Gasteiger partial charge in [-0.05, 0) is 59.7 Å². The molecule has 0 spiro atoms. The van der Waals surface area contributed by atoms with Gasteiger partial charge in [0, 0.05) is 23.3 Å². The standard InChI is InChI=1S/C34H26N6O19S4.2Li.2Na/c1-58-25-11-17(3-5-21(25)35-37-31-27(62(52,53)54)9-15-7-19(60(46,47)48)13-23(41)29(15)33(31)43)39-40(45)18-4-6-22(26(12-18)59-2)36-38-32-28(63(55,56)57)10-16-8-20(61(49,50)51)14-24(42)30(16)34(32)44;;;;/h3-14,36,41-42,45H,1-2H3,(H,46,47,48)(H,49,50,51)(H,52,53,54)(H,55,56,57);;;;/q;4*+1/p-4/b35-21+,37-31+,38-32-,39-17-;;;;. The number of hydrazone groups is 2. The molecule has 0 amide bonds. The summed E-state index contributed by atoms with van der Waals surface area (Å²) in [5, 5.41) is 51.5. The van der Waals surface area contributed by atoms with Crippen LogP contribution in [-0.4, -0.2) is 106 Å². The van der Waals surface area contributed by atoms with Crippen molar-refractivity contribution in [3.8, 4) is 17.2 Å². The maximum atomic E-state index is 13.3. The van der Waals surface area contributed by atoms with Gasteiger partial charge in [0.05, 0.1) is 41.1 Å². The van der Waals surface area contributed by atoms with Gasteiger partial charge in [-0.15, -0.1) is 20.5 Å². The number of ketones is 2. The van der Waals surface area contributed by atoms with Gasteiger partial charge in [-0.1, -0.05) is 23.6 Å². The summed E-state index contributed by atoms with van der Waals surface area (Å²) in [4.78, 5) is 22.1. The van der Waals surface area contributed by atoms with Crippen LogP contribution in [0.1, 0.15) is 31.8 Å². The van der Waals surface area contributed by atoms with Gasteiger partial charge in [0.25, 0.3) is 20.2 Å². The van der Waals surface area contributed by atoms with Crippen LogP contribution in [0, 0.1) is 0 Å². The maximum Gasteiger partial charge on any atom is 1.00 e. The molecule has 4 N–H and O–H groups in total. The van der Waals surface area contributed by atoms with Gasteiger partial charge in [-0.25, -0.2) is 16.8 Å². The number of methoxy groups -OCH3 is 2. The Morgan fingerprint density at radius 1 is 0.672 bits per heavy atom. The summed E-state index contributed by atoms with van der Waals surface area (Å²) in [6.07, 6.45) is 4.70. The molecule has 0 heterocycles. The molecule has 330 valence electrons. The van der Waals surface area contributed by atoms with Gasteiger partial charge >= 0.3 is 96.8 Å². The molecule has 0 aromatic heterocycles. The first kappa shape index (κ1) is 59.4. The second-order valence-electron chi connectivity index (χ2n) is 12.6. The van der Waals surface area contributed by atoms with Crippen molar-refractivity contribution < 1.29 is 183 Å². The number of Topliss-reactive ketones (excluding diaryl/α,β-unsaturated/α-hetero) is 2. The number of nitrogens with zero attached hydrogens (tertiary/aromatic N) is 5. The van der Waals surface area contributed by atoms with Gasteiger partial charge in [-0.2, -0.15) is 21.9 Å². The van der Waals surface area contributed by atoms with Crippen LogP contribution in [0.15, 0.2) is 106 Å². The molecule has 0 bridgehead atoms. The molecule has 3 aromatic carbocycles. The number of rotatable bonds is 11. The Kier molecular flexibility index (Phi) is 19.8. The molecular weight excluding hydrogens is 985 g/mol. The van der Waals surface area contributed by atoms with Crippen molar-refractivity contribution in [2.24, 2.45) is 20.4 Å². The molecule has 0 atom stereocenters. The predicted molar refractivity (Wildman–Crippen MR) is 210 cm³/mol. The van der Waals surface area contributed by atoms with Crippen LogP contribution in [0.25, 0.3) is 12.2 Å². The van der Waals surface area contributed by atoms with E-state index >= 15 is 0 Å². The SMILES string of the molecule is COC1=CC(=N\N(O)c2ccc(N/N=C3\C(=O)c4c([O-])cc(S(=O)(=O)[O-])cc4C=C3S(=O)(=O)O)c(OC)c2)/C=CC/1=N\N=C1\C(=O)c2c([O-])cc(S(=O)(=O)[O-])cc2C=C1S(=O)(=O)O.[Li+].[Li+].[Na+].[Na+]. The molecule has 67 heavy (non-hydrogen) atoms. The Labute approximate surface area is 447 Å². The first-order valence-electron chi connectivity index (χ1n) is 16.5. The molecule has 33 heteroatoms. The first-order chi connectivity index (χ1) is 29.2. The average Bonchev–Trinajstić information content (AvgIpc) is 3.18. The number of nitrogens with one attached hydrogen (secondary N) is 1. The Hall–Kier alpha value is -3.77. The van der Waals surface area contributed by atoms with Crippen molar-refractivity contribution in [3.63, 3.8) is 0 Å². The number of benzene rings is 3. The molecule has 0 aliphatic heterocycles. The van der Waals surface area contributed by atoms with Gasteiger partial charge < -0.3 is 28.8 Å². The second kappa shape index (κ2) is 22.3. The number of ether oxygens (including phenoxy) is 2.